The second-order valence-electron chi connectivity index (χ2n) is 6.51. The molecule has 2 aliphatic rings. The molecule has 3 heteroatoms. The summed E-state index contributed by atoms with van der Waals surface area (Å²) in [5.74, 6) is 8.29. The quantitative estimate of drug-likeness (QED) is 0.651. The zero-order valence-electron chi connectivity index (χ0n) is 11.9. The van der Waals surface area contributed by atoms with Gasteiger partial charge < -0.3 is 0 Å². The summed E-state index contributed by atoms with van der Waals surface area (Å²) in [7, 11) is 0. The van der Waals surface area contributed by atoms with E-state index in [2.05, 4.69) is 23.8 Å². The molecule has 1 fully saturated rings. The minimum Gasteiger partial charge on any atom is -0.271 e. The van der Waals surface area contributed by atoms with Gasteiger partial charge in [-0.15, -0.1) is 11.3 Å². The minimum atomic E-state index is 0.487. The van der Waals surface area contributed by atoms with Crippen LogP contribution < -0.4 is 11.3 Å². The lowest BCUT2D eigenvalue weighted by Crippen LogP contribution is -2.46. The number of aryl methyl sites for hydroxylation is 1. The van der Waals surface area contributed by atoms with Crippen LogP contribution in [-0.2, 0) is 6.42 Å². The Bertz CT molecular complexity index is 407. The third kappa shape index (κ3) is 2.74. The van der Waals surface area contributed by atoms with Crippen LogP contribution >= 0.6 is 11.3 Å². The number of hydrazine groups is 1. The highest BCUT2D eigenvalue weighted by atomic mass is 32.1. The molecule has 1 heterocycles. The van der Waals surface area contributed by atoms with Crippen LogP contribution in [0.25, 0.3) is 0 Å². The predicted octanol–water partition coefficient (Wildman–Crippen LogP) is 3.83. The van der Waals surface area contributed by atoms with Gasteiger partial charge in [-0.2, -0.15) is 0 Å². The van der Waals surface area contributed by atoms with Crippen LogP contribution in [0.1, 0.15) is 61.8 Å². The molecule has 3 rings (SSSR count). The molecular weight excluding hydrogens is 252 g/mol. The number of fused-ring (bicyclic) bond motifs is 1. The molecule has 2 unspecified atom stereocenters. The molecule has 0 aromatic carbocycles. The van der Waals surface area contributed by atoms with Crippen molar-refractivity contribution in [1.29, 1.82) is 0 Å². The molecule has 0 bridgehead atoms. The largest absolute Gasteiger partial charge is 0.271 e. The number of nitrogens with two attached hydrogens (primary N) is 1. The first-order chi connectivity index (χ1) is 9.29. The molecule has 0 amide bonds. The van der Waals surface area contributed by atoms with Crippen LogP contribution in [0, 0.1) is 11.8 Å². The van der Waals surface area contributed by atoms with Gasteiger partial charge in [0.25, 0.3) is 0 Å². The fourth-order valence-corrected chi connectivity index (χ4v) is 5.12. The van der Waals surface area contributed by atoms with Crippen LogP contribution in [0.4, 0.5) is 0 Å². The van der Waals surface area contributed by atoms with Crippen molar-refractivity contribution in [1.82, 2.24) is 5.43 Å². The molecule has 1 aromatic heterocycles. The third-order valence-electron chi connectivity index (χ3n) is 5.29. The smallest absolute Gasteiger partial charge is 0.0307 e. The van der Waals surface area contributed by atoms with Gasteiger partial charge in [0.05, 0.1) is 0 Å². The van der Waals surface area contributed by atoms with Gasteiger partial charge in [0.2, 0.25) is 0 Å². The number of hydrogen-bond acceptors (Lipinski definition) is 3. The summed E-state index contributed by atoms with van der Waals surface area (Å²) in [5.41, 5.74) is 4.79. The Balaban J connectivity index is 1.76. The van der Waals surface area contributed by atoms with Crippen LogP contribution in [0.15, 0.2) is 11.4 Å². The standard InChI is InChI=1S/C16H26N2S/c1-11-5-7-12(8-6-11)16(18-17)14-3-2-4-15-13(14)9-10-19-15/h9-12,14,16,18H,2-8,17H2,1H3. The number of nitrogens with one attached hydrogen (secondary N) is 1. The van der Waals surface area contributed by atoms with Crippen molar-refractivity contribution in [2.45, 2.75) is 63.8 Å². The molecule has 2 aliphatic carbocycles. The molecule has 1 saturated carbocycles. The fourth-order valence-electron chi connectivity index (χ4n) is 4.12. The molecule has 0 aliphatic heterocycles. The first kappa shape index (κ1) is 13.6. The lowest BCUT2D eigenvalue weighted by molar-refractivity contribution is 0.202. The Hall–Kier alpha value is -0.380. The average Bonchev–Trinajstić information content (AvgIpc) is 2.91. The third-order valence-corrected chi connectivity index (χ3v) is 6.29. The minimum absolute atomic E-state index is 0.487. The number of hydrogen-bond donors (Lipinski definition) is 2. The van der Waals surface area contributed by atoms with E-state index in [-0.39, 0.29) is 0 Å². The number of thiophene rings is 1. The van der Waals surface area contributed by atoms with Gasteiger partial charge in [0.15, 0.2) is 0 Å². The van der Waals surface area contributed by atoms with E-state index in [1.54, 1.807) is 10.4 Å². The molecule has 1 aromatic rings. The molecule has 0 radical (unpaired) electrons. The molecule has 0 spiro atoms. The summed E-state index contributed by atoms with van der Waals surface area (Å²) in [4.78, 5) is 1.61. The SMILES string of the molecule is CC1CCC(C(NN)C2CCCc3sccc32)CC1. The Kier molecular flexibility index (Phi) is 4.25. The summed E-state index contributed by atoms with van der Waals surface area (Å²) in [5, 5.41) is 2.26. The van der Waals surface area contributed by atoms with Crippen LogP contribution in [-0.4, -0.2) is 6.04 Å². The second kappa shape index (κ2) is 5.94. The summed E-state index contributed by atoms with van der Waals surface area (Å²) < 4.78 is 0. The topological polar surface area (TPSA) is 38.0 Å². The summed E-state index contributed by atoms with van der Waals surface area (Å²) in [6.45, 7) is 2.39. The van der Waals surface area contributed by atoms with E-state index >= 15 is 0 Å². The van der Waals surface area contributed by atoms with Crippen molar-refractivity contribution in [3.05, 3.63) is 21.9 Å². The van der Waals surface area contributed by atoms with E-state index < -0.39 is 0 Å². The van der Waals surface area contributed by atoms with Crippen LogP contribution in [0.2, 0.25) is 0 Å². The van der Waals surface area contributed by atoms with Crippen molar-refractivity contribution in [3.63, 3.8) is 0 Å². The van der Waals surface area contributed by atoms with Gasteiger partial charge in [-0.05, 0) is 60.9 Å². The van der Waals surface area contributed by atoms with Crippen LogP contribution in [0.5, 0.6) is 0 Å². The molecular formula is C16H26N2S. The monoisotopic (exact) mass is 278 g/mol. The highest BCUT2D eigenvalue weighted by Crippen LogP contribution is 2.42. The molecule has 19 heavy (non-hydrogen) atoms. The van der Waals surface area contributed by atoms with Gasteiger partial charge in [-0.25, -0.2) is 0 Å². The second-order valence-corrected chi connectivity index (χ2v) is 7.51. The summed E-state index contributed by atoms with van der Waals surface area (Å²) in [6.07, 6.45) is 9.39. The van der Waals surface area contributed by atoms with Gasteiger partial charge in [0, 0.05) is 16.8 Å². The average molecular weight is 278 g/mol. The summed E-state index contributed by atoms with van der Waals surface area (Å²) >= 11 is 1.94. The van der Waals surface area contributed by atoms with E-state index in [4.69, 9.17) is 5.84 Å². The maximum atomic E-state index is 5.95. The Morgan fingerprint density at radius 2 is 2.05 bits per heavy atom. The van der Waals surface area contributed by atoms with E-state index in [1.165, 1.54) is 44.9 Å². The Morgan fingerprint density at radius 1 is 1.26 bits per heavy atom. The molecule has 106 valence electrons. The first-order valence-electron chi connectivity index (χ1n) is 7.82. The number of rotatable bonds is 3. The van der Waals surface area contributed by atoms with Crippen molar-refractivity contribution in [3.8, 4) is 0 Å². The molecule has 2 nitrogen and oxygen atoms in total. The fraction of sp³-hybridized carbons (Fsp3) is 0.750. The Morgan fingerprint density at radius 3 is 2.79 bits per heavy atom. The molecule has 3 N–H and O–H groups in total. The zero-order chi connectivity index (χ0) is 13.2. The highest BCUT2D eigenvalue weighted by Gasteiger charge is 2.34. The highest BCUT2D eigenvalue weighted by molar-refractivity contribution is 7.10. The van der Waals surface area contributed by atoms with E-state index in [9.17, 15) is 0 Å². The first-order valence-corrected chi connectivity index (χ1v) is 8.70. The van der Waals surface area contributed by atoms with E-state index in [0.29, 0.717) is 12.0 Å². The Labute approximate surface area is 120 Å². The van der Waals surface area contributed by atoms with Crippen molar-refractivity contribution < 1.29 is 0 Å². The molecule has 2 atom stereocenters. The van der Waals surface area contributed by atoms with Gasteiger partial charge in [-0.3, -0.25) is 11.3 Å². The summed E-state index contributed by atoms with van der Waals surface area (Å²) in [6, 6.07) is 2.83. The molecule has 0 saturated heterocycles. The normalized spacial score (nSPS) is 32.8. The predicted molar refractivity (Wildman–Crippen MR) is 82.2 cm³/mol. The van der Waals surface area contributed by atoms with Crippen molar-refractivity contribution >= 4 is 11.3 Å². The van der Waals surface area contributed by atoms with E-state index in [0.717, 1.165) is 11.8 Å². The van der Waals surface area contributed by atoms with Gasteiger partial charge in [0.1, 0.15) is 0 Å². The van der Waals surface area contributed by atoms with Gasteiger partial charge in [-0.1, -0.05) is 19.8 Å². The van der Waals surface area contributed by atoms with Crippen molar-refractivity contribution in [2.75, 3.05) is 0 Å². The van der Waals surface area contributed by atoms with Gasteiger partial charge >= 0.3 is 0 Å². The lowest BCUT2D eigenvalue weighted by Gasteiger charge is -2.38. The zero-order valence-corrected chi connectivity index (χ0v) is 12.7. The maximum Gasteiger partial charge on any atom is 0.0307 e. The lowest BCUT2D eigenvalue weighted by atomic mass is 9.71. The maximum absolute atomic E-state index is 5.95. The van der Waals surface area contributed by atoms with E-state index in [1.807, 2.05) is 11.3 Å². The van der Waals surface area contributed by atoms with Crippen molar-refractivity contribution in [2.24, 2.45) is 17.7 Å². The van der Waals surface area contributed by atoms with Crippen LogP contribution in [0.3, 0.4) is 0 Å².